The van der Waals surface area contributed by atoms with E-state index < -0.39 is 26.6 Å². The summed E-state index contributed by atoms with van der Waals surface area (Å²) in [4.78, 5) is 18.3. The molecule has 1 fully saturated rings. The van der Waals surface area contributed by atoms with Crippen molar-refractivity contribution in [1.29, 1.82) is 0 Å². The van der Waals surface area contributed by atoms with Crippen LogP contribution in [0.3, 0.4) is 0 Å². The standard InChI is InChI=1S/C21H18ClF2N3O3S/c1-13-17(11-14-10-15(22)2-5-19(14)25-13)21(28)26-6-8-27(9-7-26)31(29,30)20-12-16(23)3-4-18(20)24/h2-5,10-12H,6-9H2,1H3. The first-order chi connectivity index (χ1) is 14.7. The Morgan fingerprint density at radius 1 is 1.03 bits per heavy atom. The molecule has 1 saturated heterocycles. The van der Waals surface area contributed by atoms with E-state index >= 15 is 0 Å². The molecule has 1 aromatic heterocycles. The summed E-state index contributed by atoms with van der Waals surface area (Å²) in [5.74, 6) is -2.13. The van der Waals surface area contributed by atoms with E-state index in [0.29, 0.717) is 27.9 Å². The molecule has 0 unspecified atom stereocenters. The molecule has 31 heavy (non-hydrogen) atoms. The molecule has 0 aliphatic carbocycles. The van der Waals surface area contributed by atoms with E-state index in [1.54, 1.807) is 31.2 Å². The zero-order valence-corrected chi connectivity index (χ0v) is 18.1. The van der Waals surface area contributed by atoms with Gasteiger partial charge in [-0.25, -0.2) is 17.2 Å². The summed E-state index contributed by atoms with van der Waals surface area (Å²) in [6, 6.07) is 9.24. The summed E-state index contributed by atoms with van der Waals surface area (Å²) in [6.45, 7) is 1.89. The maximum Gasteiger partial charge on any atom is 0.255 e. The molecule has 1 amide bonds. The van der Waals surface area contributed by atoms with E-state index in [2.05, 4.69) is 4.98 Å². The van der Waals surface area contributed by atoms with Crippen molar-refractivity contribution in [2.45, 2.75) is 11.8 Å². The highest BCUT2D eigenvalue weighted by Gasteiger charge is 2.33. The molecule has 2 aromatic carbocycles. The first-order valence-electron chi connectivity index (χ1n) is 9.48. The number of nitrogens with zero attached hydrogens (tertiary/aromatic N) is 3. The number of amides is 1. The summed E-state index contributed by atoms with van der Waals surface area (Å²) in [7, 11) is -4.22. The molecule has 0 atom stereocenters. The molecule has 4 rings (SSSR count). The quantitative estimate of drug-likeness (QED) is 0.592. The monoisotopic (exact) mass is 465 g/mol. The number of carbonyl (C=O) groups is 1. The number of piperazine rings is 1. The molecule has 0 bridgehead atoms. The number of hydrogen-bond donors (Lipinski definition) is 0. The second-order valence-corrected chi connectivity index (χ2v) is 9.57. The highest BCUT2D eigenvalue weighted by molar-refractivity contribution is 7.89. The van der Waals surface area contributed by atoms with Crippen LogP contribution in [0.2, 0.25) is 5.02 Å². The second-order valence-electron chi connectivity index (χ2n) is 7.23. The van der Waals surface area contributed by atoms with Crippen LogP contribution in [0.5, 0.6) is 0 Å². The lowest BCUT2D eigenvalue weighted by Gasteiger charge is -2.34. The van der Waals surface area contributed by atoms with Crippen LogP contribution in [0.15, 0.2) is 47.4 Å². The number of fused-ring (bicyclic) bond motifs is 1. The van der Waals surface area contributed by atoms with Crippen molar-refractivity contribution in [2.24, 2.45) is 0 Å². The lowest BCUT2D eigenvalue weighted by atomic mass is 10.1. The molecule has 0 radical (unpaired) electrons. The predicted molar refractivity (Wildman–Crippen MR) is 113 cm³/mol. The summed E-state index contributed by atoms with van der Waals surface area (Å²) in [5, 5.41) is 1.25. The Hall–Kier alpha value is -2.62. The van der Waals surface area contributed by atoms with Crippen molar-refractivity contribution in [3.05, 3.63) is 70.4 Å². The highest BCUT2D eigenvalue weighted by Crippen LogP contribution is 2.24. The van der Waals surface area contributed by atoms with Gasteiger partial charge in [-0.05, 0) is 49.4 Å². The minimum atomic E-state index is -4.22. The van der Waals surface area contributed by atoms with Crippen LogP contribution in [0.1, 0.15) is 16.1 Å². The zero-order valence-electron chi connectivity index (χ0n) is 16.5. The maximum atomic E-state index is 14.0. The average Bonchev–Trinajstić information content (AvgIpc) is 2.74. The van der Waals surface area contributed by atoms with Crippen molar-refractivity contribution in [1.82, 2.24) is 14.2 Å². The van der Waals surface area contributed by atoms with Gasteiger partial charge in [0, 0.05) is 36.6 Å². The van der Waals surface area contributed by atoms with Gasteiger partial charge in [0.1, 0.15) is 16.5 Å². The molecule has 2 heterocycles. The fourth-order valence-corrected chi connectivity index (χ4v) is 5.25. The van der Waals surface area contributed by atoms with Gasteiger partial charge in [0.05, 0.1) is 16.8 Å². The molecule has 0 saturated carbocycles. The highest BCUT2D eigenvalue weighted by atomic mass is 35.5. The molecule has 3 aromatic rings. The number of sulfonamides is 1. The Kier molecular flexibility index (Phi) is 5.67. The number of hydrogen-bond acceptors (Lipinski definition) is 4. The minimum Gasteiger partial charge on any atom is -0.336 e. The molecule has 0 spiro atoms. The SMILES string of the molecule is Cc1nc2ccc(Cl)cc2cc1C(=O)N1CCN(S(=O)(=O)c2cc(F)ccc2F)CC1. The third kappa shape index (κ3) is 4.13. The van der Waals surface area contributed by atoms with E-state index in [1.165, 1.54) is 4.90 Å². The predicted octanol–water partition coefficient (Wildman–Crippen LogP) is 3.62. The molecule has 0 N–H and O–H groups in total. The molecule has 10 heteroatoms. The number of halogens is 3. The summed E-state index contributed by atoms with van der Waals surface area (Å²) < 4.78 is 54.0. The van der Waals surface area contributed by atoms with Crippen LogP contribution in [-0.4, -0.2) is 54.7 Å². The van der Waals surface area contributed by atoms with Crippen LogP contribution in [0.4, 0.5) is 8.78 Å². The largest absolute Gasteiger partial charge is 0.336 e. The minimum absolute atomic E-state index is 0.0318. The maximum absolute atomic E-state index is 14.0. The van der Waals surface area contributed by atoms with Crippen LogP contribution < -0.4 is 0 Å². The zero-order chi connectivity index (χ0) is 22.3. The van der Waals surface area contributed by atoms with Gasteiger partial charge >= 0.3 is 0 Å². The Morgan fingerprint density at radius 3 is 2.45 bits per heavy atom. The summed E-state index contributed by atoms with van der Waals surface area (Å²) in [6.07, 6.45) is 0. The number of rotatable bonds is 3. The second kappa shape index (κ2) is 8.14. The Bertz CT molecular complexity index is 1290. The lowest BCUT2D eigenvalue weighted by Crippen LogP contribution is -2.50. The van der Waals surface area contributed by atoms with Crippen LogP contribution >= 0.6 is 11.6 Å². The number of aryl methyl sites for hydroxylation is 1. The Morgan fingerprint density at radius 2 is 1.74 bits per heavy atom. The third-order valence-corrected chi connectivity index (χ3v) is 7.38. The molecule has 6 nitrogen and oxygen atoms in total. The Balaban J connectivity index is 1.54. The number of aromatic nitrogens is 1. The number of carbonyl (C=O) groups excluding carboxylic acids is 1. The molecule has 1 aliphatic rings. The van der Waals surface area contributed by atoms with Gasteiger partial charge in [-0.15, -0.1) is 0 Å². The van der Waals surface area contributed by atoms with Gasteiger partial charge in [-0.3, -0.25) is 9.78 Å². The van der Waals surface area contributed by atoms with Gasteiger partial charge in [0.15, 0.2) is 0 Å². The topological polar surface area (TPSA) is 70.6 Å². The van der Waals surface area contributed by atoms with Crippen LogP contribution in [-0.2, 0) is 10.0 Å². The van der Waals surface area contributed by atoms with E-state index in [0.717, 1.165) is 21.8 Å². The van der Waals surface area contributed by atoms with Crippen LogP contribution in [0.25, 0.3) is 10.9 Å². The van der Waals surface area contributed by atoms with Gasteiger partial charge in [-0.1, -0.05) is 11.6 Å². The fraction of sp³-hybridized carbons (Fsp3) is 0.238. The molecule has 1 aliphatic heterocycles. The number of pyridine rings is 1. The fourth-order valence-electron chi connectivity index (χ4n) is 3.58. The smallest absolute Gasteiger partial charge is 0.255 e. The average molecular weight is 466 g/mol. The molecular formula is C21H18ClF2N3O3S. The van der Waals surface area contributed by atoms with Crippen LogP contribution in [0, 0.1) is 18.6 Å². The van der Waals surface area contributed by atoms with Gasteiger partial charge in [-0.2, -0.15) is 4.31 Å². The van der Waals surface area contributed by atoms with E-state index in [9.17, 15) is 22.0 Å². The normalized spacial score (nSPS) is 15.4. The molecular weight excluding hydrogens is 448 g/mol. The van der Waals surface area contributed by atoms with Crippen molar-refractivity contribution in [3.8, 4) is 0 Å². The van der Waals surface area contributed by atoms with E-state index in [4.69, 9.17) is 11.6 Å². The molecule has 162 valence electrons. The third-order valence-electron chi connectivity index (χ3n) is 5.23. The summed E-state index contributed by atoms with van der Waals surface area (Å²) >= 11 is 6.03. The van der Waals surface area contributed by atoms with Gasteiger partial charge in [0.25, 0.3) is 5.91 Å². The van der Waals surface area contributed by atoms with Gasteiger partial charge < -0.3 is 4.90 Å². The first-order valence-corrected chi connectivity index (χ1v) is 11.3. The van der Waals surface area contributed by atoms with E-state index in [-0.39, 0.29) is 32.1 Å². The van der Waals surface area contributed by atoms with Crippen molar-refractivity contribution < 1.29 is 22.0 Å². The summed E-state index contributed by atoms with van der Waals surface area (Å²) in [5.41, 5.74) is 1.67. The van der Waals surface area contributed by atoms with Crippen molar-refractivity contribution in [3.63, 3.8) is 0 Å². The van der Waals surface area contributed by atoms with Crippen molar-refractivity contribution in [2.75, 3.05) is 26.2 Å². The van der Waals surface area contributed by atoms with Gasteiger partial charge in [0.2, 0.25) is 10.0 Å². The first kappa shape index (κ1) is 21.6. The van der Waals surface area contributed by atoms with Crippen molar-refractivity contribution >= 4 is 38.4 Å². The Labute approximate surface area is 183 Å². The number of benzene rings is 2. The lowest BCUT2D eigenvalue weighted by molar-refractivity contribution is 0.0696. The van der Waals surface area contributed by atoms with E-state index in [1.807, 2.05) is 0 Å².